The maximum absolute atomic E-state index is 9.69. The van der Waals surface area contributed by atoms with Crippen molar-refractivity contribution in [3.63, 3.8) is 0 Å². The van der Waals surface area contributed by atoms with Crippen molar-refractivity contribution in [2.45, 2.75) is 13.0 Å². The average molecular weight is 195 g/mol. The largest absolute Gasteiger partial charge is 0.395 e. The second-order valence-corrected chi connectivity index (χ2v) is 3.35. The van der Waals surface area contributed by atoms with E-state index in [1.54, 1.807) is 0 Å². The molecule has 0 radical (unpaired) electrons. The van der Waals surface area contributed by atoms with Crippen molar-refractivity contribution in [3.05, 3.63) is 35.4 Å². The van der Waals surface area contributed by atoms with Crippen LogP contribution in [0.25, 0.3) is 0 Å². The van der Waals surface area contributed by atoms with Gasteiger partial charge in [-0.15, -0.1) is 0 Å². The highest BCUT2D eigenvalue weighted by atomic mass is 16.3. The fraction of sp³-hybridized carbons (Fsp3) is 0.455. The zero-order valence-corrected chi connectivity index (χ0v) is 8.40. The maximum atomic E-state index is 9.69. The van der Waals surface area contributed by atoms with Crippen molar-refractivity contribution in [1.82, 2.24) is 5.32 Å². The summed E-state index contributed by atoms with van der Waals surface area (Å²) < 4.78 is 0. The van der Waals surface area contributed by atoms with Gasteiger partial charge in [0.25, 0.3) is 0 Å². The van der Waals surface area contributed by atoms with Crippen molar-refractivity contribution in [3.8, 4) is 0 Å². The highest BCUT2D eigenvalue weighted by Crippen LogP contribution is 2.12. The van der Waals surface area contributed by atoms with Crippen molar-refractivity contribution in [2.75, 3.05) is 19.7 Å². The third-order valence-electron chi connectivity index (χ3n) is 2.09. The molecule has 1 unspecified atom stereocenters. The van der Waals surface area contributed by atoms with Crippen molar-refractivity contribution >= 4 is 0 Å². The third kappa shape index (κ3) is 3.46. The topological polar surface area (TPSA) is 52.5 Å². The number of aliphatic hydroxyl groups is 2. The molecular formula is C11H17NO2. The van der Waals surface area contributed by atoms with E-state index in [0.29, 0.717) is 13.1 Å². The third-order valence-corrected chi connectivity index (χ3v) is 2.09. The van der Waals surface area contributed by atoms with Gasteiger partial charge >= 0.3 is 0 Å². The molecule has 0 bridgehead atoms. The standard InChI is InChI=1S/C11H17NO2/c1-9-2-4-10(5-3-9)11(14)8-12-6-7-13/h2-5,11-14H,6-8H2,1H3. The Labute approximate surface area is 84.4 Å². The lowest BCUT2D eigenvalue weighted by atomic mass is 10.1. The Morgan fingerprint density at radius 2 is 1.93 bits per heavy atom. The highest BCUT2D eigenvalue weighted by Gasteiger charge is 2.05. The summed E-state index contributed by atoms with van der Waals surface area (Å²) in [6.07, 6.45) is -0.498. The molecule has 1 aromatic rings. The van der Waals surface area contributed by atoms with E-state index < -0.39 is 6.10 Å². The lowest BCUT2D eigenvalue weighted by molar-refractivity contribution is 0.171. The van der Waals surface area contributed by atoms with Crippen LogP contribution in [0.15, 0.2) is 24.3 Å². The number of hydrogen-bond acceptors (Lipinski definition) is 3. The Bertz CT molecular complexity index is 258. The molecule has 0 saturated carbocycles. The summed E-state index contributed by atoms with van der Waals surface area (Å²) in [5, 5.41) is 21.2. The molecule has 1 aromatic carbocycles. The maximum Gasteiger partial charge on any atom is 0.0914 e. The van der Waals surface area contributed by atoms with E-state index in [9.17, 15) is 5.11 Å². The second kappa shape index (κ2) is 5.75. The van der Waals surface area contributed by atoms with E-state index in [4.69, 9.17) is 5.11 Å². The van der Waals surface area contributed by atoms with Crippen molar-refractivity contribution < 1.29 is 10.2 Å². The van der Waals surface area contributed by atoms with Crippen LogP contribution in [0.3, 0.4) is 0 Å². The zero-order valence-electron chi connectivity index (χ0n) is 8.40. The molecule has 0 aliphatic rings. The number of aryl methyl sites for hydroxylation is 1. The summed E-state index contributed by atoms with van der Waals surface area (Å²) in [5.41, 5.74) is 2.09. The molecule has 0 spiro atoms. The van der Waals surface area contributed by atoms with Crippen LogP contribution in [-0.2, 0) is 0 Å². The lowest BCUT2D eigenvalue weighted by Crippen LogP contribution is -2.24. The van der Waals surface area contributed by atoms with Crippen LogP contribution in [0.1, 0.15) is 17.2 Å². The molecule has 3 heteroatoms. The Morgan fingerprint density at radius 1 is 1.29 bits per heavy atom. The minimum atomic E-state index is -0.498. The summed E-state index contributed by atoms with van der Waals surface area (Å²) in [6, 6.07) is 7.79. The molecule has 1 rings (SSSR count). The first kappa shape index (κ1) is 11.2. The summed E-state index contributed by atoms with van der Waals surface area (Å²) in [7, 11) is 0. The van der Waals surface area contributed by atoms with Gasteiger partial charge in [0.2, 0.25) is 0 Å². The van der Waals surface area contributed by atoms with Gasteiger partial charge in [-0.3, -0.25) is 0 Å². The van der Waals surface area contributed by atoms with Crippen LogP contribution in [0, 0.1) is 6.92 Å². The summed E-state index contributed by atoms with van der Waals surface area (Å²) in [5.74, 6) is 0. The van der Waals surface area contributed by atoms with Gasteiger partial charge in [0.05, 0.1) is 12.7 Å². The Kier molecular flexibility index (Phi) is 4.59. The first-order valence-electron chi connectivity index (χ1n) is 4.80. The predicted molar refractivity (Wildman–Crippen MR) is 56.1 cm³/mol. The number of benzene rings is 1. The van der Waals surface area contributed by atoms with E-state index in [1.165, 1.54) is 5.56 Å². The van der Waals surface area contributed by atoms with Crippen LogP contribution in [0.5, 0.6) is 0 Å². The van der Waals surface area contributed by atoms with Crippen LogP contribution in [0.2, 0.25) is 0 Å². The predicted octanol–water partition coefficient (Wildman–Crippen LogP) is 0.610. The van der Waals surface area contributed by atoms with E-state index in [0.717, 1.165) is 5.56 Å². The molecule has 3 nitrogen and oxygen atoms in total. The van der Waals surface area contributed by atoms with Gasteiger partial charge in [-0.1, -0.05) is 29.8 Å². The fourth-order valence-corrected chi connectivity index (χ4v) is 1.22. The summed E-state index contributed by atoms with van der Waals surface area (Å²) >= 11 is 0. The van der Waals surface area contributed by atoms with Crippen LogP contribution >= 0.6 is 0 Å². The van der Waals surface area contributed by atoms with E-state index in [2.05, 4.69) is 5.32 Å². The molecule has 0 amide bonds. The molecule has 14 heavy (non-hydrogen) atoms. The molecule has 1 atom stereocenters. The van der Waals surface area contributed by atoms with Gasteiger partial charge in [-0.05, 0) is 12.5 Å². The monoisotopic (exact) mass is 195 g/mol. The molecule has 0 heterocycles. The second-order valence-electron chi connectivity index (χ2n) is 3.35. The molecule has 0 fully saturated rings. The van der Waals surface area contributed by atoms with E-state index >= 15 is 0 Å². The minimum Gasteiger partial charge on any atom is -0.395 e. The number of nitrogens with one attached hydrogen (secondary N) is 1. The van der Waals surface area contributed by atoms with Gasteiger partial charge in [-0.25, -0.2) is 0 Å². The molecule has 78 valence electrons. The number of hydrogen-bond donors (Lipinski definition) is 3. The highest BCUT2D eigenvalue weighted by molar-refractivity contribution is 5.23. The fourth-order valence-electron chi connectivity index (χ4n) is 1.22. The lowest BCUT2D eigenvalue weighted by Gasteiger charge is -2.11. The van der Waals surface area contributed by atoms with Gasteiger partial charge < -0.3 is 15.5 Å². The molecule has 0 aliphatic heterocycles. The number of aliphatic hydroxyl groups excluding tert-OH is 2. The van der Waals surface area contributed by atoms with Crippen LogP contribution in [0.4, 0.5) is 0 Å². The first-order valence-corrected chi connectivity index (χ1v) is 4.80. The number of rotatable bonds is 5. The average Bonchev–Trinajstić information content (AvgIpc) is 2.19. The normalized spacial score (nSPS) is 12.8. The molecule has 0 saturated heterocycles. The zero-order chi connectivity index (χ0) is 10.4. The Morgan fingerprint density at radius 3 is 2.50 bits per heavy atom. The van der Waals surface area contributed by atoms with Gasteiger partial charge in [0.15, 0.2) is 0 Å². The Hall–Kier alpha value is -0.900. The molecule has 3 N–H and O–H groups in total. The smallest absolute Gasteiger partial charge is 0.0914 e. The molecule has 0 aliphatic carbocycles. The van der Waals surface area contributed by atoms with Crippen LogP contribution in [-0.4, -0.2) is 29.9 Å². The first-order chi connectivity index (χ1) is 6.74. The summed E-state index contributed by atoms with van der Waals surface area (Å²) in [4.78, 5) is 0. The van der Waals surface area contributed by atoms with E-state index in [-0.39, 0.29) is 6.61 Å². The quantitative estimate of drug-likeness (QED) is 0.603. The van der Waals surface area contributed by atoms with Crippen molar-refractivity contribution in [2.24, 2.45) is 0 Å². The molecular weight excluding hydrogens is 178 g/mol. The SMILES string of the molecule is Cc1ccc(C(O)CNCCO)cc1. The van der Waals surface area contributed by atoms with Crippen molar-refractivity contribution in [1.29, 1.82) is 0 Å². The van der Waals surface area contributed by atoms with Gasteiger partial charge in [0.1, 0.15) is 0 Å². The summed E-state index contributed by atoms with van der Waals surface area (Å²) in [6.45, 7) is 3.10. The van der Waals surface area contributed by atoms with Gasteiger partial charge in [-0.2, -0.15) is 0 Å². The van der Waals surface area contributed by atoms with Gasteiger partial charge in [0, 0.05) is 13.1 Å². The Balaban J connectivity index is 2.43. The van der Waals surface area contributed by atoms with Crippen LogP contribution < -0.4 is 5.32 Å². The van der Waals surface area contributed by atoms with E-state index in [1.807, 2.05) is 31.2 Å². The molecule has 0 aromatic heterocycles. The minimum absolute atomic E-state index is 0.0978.